The van der Waals surface area contributed by atoms with Crippen molar-refractivity contribution in [3.63, 3.8) is 0 Å². The fourth-order valence-electron chi connectivity index (χ4n) is 2.04. The first-order valence-electron chi connectivity index (χ1n) is 5.61. The molecule has 1 N–H and O–H groups in total. The summed E-state index contributed by atoms with van der Waals surface area (Å²) in [6.45, 7) is 0.516. The van der Waals surface area contributed by atoms with Crippen LogP contribution in [-0.2, 0) is 10.0 Å². The molecule has 92 valence electrons. The van der Waals surface area contributed by atoms with Crippen molar-refractivity contribution in [3.8, 4) is 6.07 Å². The highest BCUT2D eigenvalue weighted by Gasteiger charge is 2.20. The van der Waals surface area contributed by atoms with Crippen LogP contribution >= 0.6 is 11.3 Å². The van der Waals surface area contributed by atoms with Gasteiger partial charge in [0, 0.05) is 6.54 Å². The standard InChI is InChI=1S/C11H14N2O2S2/c12-7-10-5-6-11(16-10)17(14,15)13-8-9-3-1-2-4-9/h5-6,9,13H,1-4,8H2. The van der Waals surface area contributed by atoms with Gasteiger partial charge in [-0.1, -0.05) is 12.8 Å². The third kappa shape index (κ3) is 3.06. The Kier molecular flexibility index (Phi) is 3.82. The zero-order chi connectivity index (χ0) is 12.3. The second-order valence-electron chi connectivity index (χ2n) is 4.23. The van der Waals surface area contributed by atoms with Crippen LogP contribution in [0.25, 0.3) is 0 Å². The molecule has 1 aromatic rings. The number of thiophene rings is 1. The van der Waals surface area contributed by atoms with Crippen molar-refractivity contribution in [2.75, 3.05) is 6.54 Å². The van der Waals surface area contributed by atoms with E-state index in [0.29, 0.717) is 17.3 Å². The summed E-state index contributed by atoms with van der Waals surface area (Å²) in [6, 6.07) is 4.97. The highest BCUT2D eigenvalue weighted by molar-refractivity contribution is 7.91. The summed E-state index contributed by atoms with van der Waals surface area (Å²) in [5.41, 5.74) is 0. The molecule has 1 aliphatic carbocycles. The first-order valence-corrected chi connectivity index (χ1v) is 7.91. The van der Waals surface area contributed by atoms with Gasteiger partial charge in [0.15, 0.2) is 0 Å². The third-order valence-corrected chi connectivity index (χ3v) is 5.90. The topological polar surface area (TPSA) is 70.0 Å². The van der Waals surface area contributed by atoms with Gasteiger partial charge in [0.25, 0.3) is 0 Å². The SMILES string of the molecule is N#Cc1ccc(S(=O)(=O)NCC2CCCC2)s1. The Morgan fingerprint density at radius 2 is 2.12 bits per heavy atom. The largest absolute Gasteiger partial charge is 0.250 e. The molecule has 17 heavy (non-hydrogen) atoms. The van der Waals surface area contributed by atoms with Crippen molar-refractivity contribution < 1.29 is 8.42 Å². The molecule has 6 heteroatoms. The van der Waals surface area contributed by atoms with Gasteiger partial charge in [-0.3, -0.25) is 0 Å². The molecule has 0 amide bonds. The van der Waals surface area contributed by atoms with E-state index in [2.05, 4.69) is 4.72 Å². The Balaban J connectivity index is 2.00. The summed E-state index contributed by atoms with van der Waals surface area (Å²) < 4.78 is 26.7. The van der Waals surface area contributed by atoms with Crippen LogP contribution in [0.3, 0.4) is 0 Å². The minimum atomic E-state index is -3.42. The van der Waals surface area contributed by atoms with Crippen LogP contribution < -0.4 is 4.72 Å². The smallest absolute Gasteiger partial charge is 0.210 e. The number of hydrogen-bond acceptors (Lipinski definition) is 4. The van der Waals surface area contributed by atoms with Gasteiger partial charge >= 0.3 is 0 Å². The van der Waals surface area contributed by atoms with Crippen LogP contribution in [0.4, 0.5) is 0 Å². The molecular weight excluding hydrogens is 256 g/mol. The van der Waals surface area contributed by atoms with Crippen LogP contribution in [0.1, 0.15) is 30.6 Å². The molecule has 0 radical (unpaired) electrons. The number of rotatable bonds is 4. The number of sulfonamides is 1. The molecule has 0 aliphatic heterocycles. The van der Waals surface area contributed by atoms with Crippen LogP contribution in [0.15, 0.2) is 16.3 Å². The molecule has 0 atom stereocenters. The van der Waals surface area contributed by atoms with Gasteiger partial charge in [0.2, 0.25) is 10.0 Å². The first kappa shape index (κ1) is 12.6. The number of nitriles is 1. The van der Waals surface area contributed by atoms with Crippen LogP contribution in [0, 0.1) is 17.2 Å². The summed E-state index contributed by atoms with van der Waals surface area (Å²) in [5.74, 6) is 0.472. The van der Waals surface area contributed by atoms with E-state index >= 15 is 0 Å². The molecule has 1 saturated carbocycles. The minimum absolute atomic E-state index is 0.229. The Bertz CT molecular complexity index is 522. The van der Waals surface area contributed by atoms with Crippen molar-refractivity contribution in [1.82, 2.24) is 4.72 Å². The van der Waals surface area contributed by atoms with Crippen LogP contribution in [0.2, 0.25) is 0 Å². The Morgan fingerprint density at radius 1 is 1.41 bits per heavy atom. The molecule has 0 spiro atoms. The Hall–Kier alpha value is -0.900. The van der Waals surface area contributed by atoms with Crippen molar-refractivity contribution in [2.24, 2.45) is 5.92 Å². The van der Waals surface area contributed by atoms with Crippen molar-refractivity contribution in [1.29, 1.82) is 5.26 Å². The Labute approximate surface area is 105 Å². The average Bonchev–Trinajstić information content (AvgIpc) is 2.98. The molecule has 2 rings (SSSR count). The summed E-state index contributed by atoms with van der Waals surface area (Å²) in [6.07, 6.45) is 4.61. The lowest BCUT2D eigenvalue weighted by molar-refractivity contribution is 0.520. The highest BCUT2D eigenvalue weighted by atomic mass is 32.2. The van der Waals surface area contributed by atoms with Crippen molar-refractivity contribution in [2.45, 2.75) is 29.9 Å². The molecule has 1 heterocycles. The van der Waals surface area contributed by atoms with Gasteiger partial charge in [-0.05, 0) is 30.9 Å². The van der Waals surface area contributed by atoms with Crippen LogP contribution in [-0.4, -0.2) is 15.0 Å². The van der Waals surface area contributed by atoms with Gasteiger partial charge in [-0.15, -0.1) is 11.3 Å². The average molecular weight is 270 g/mol. The summed E-state index contributed by atoms with van der Waals surface area (Å²) >= 11 is 1.01. The monoisotopic (exact) mass is 270 g/mol. The number of hydrogen-bond donors (Lipinski definition) is 1. The maximum atomic E-state index is 11.9. The van der Waals surface area contributed by atoms with Gasteiger partial charge in [-0.2, -0.15) is 5.26 Å². The fourth-order valence-corrected chi connectivity index (χ4v) is 4.30. The second-order valence-corrected chi connectivity index (χ2v) is 7.31. The normalized spacial score (nSPS) is 17.1. The molecule has 1 fully saturated rings. The summed E-state index contributed by atoms with van der Waals surface area (Å²) in [5, 5.41) is 8.66. The molecule has 1 aromatic heterocycles. The van der Waals surface area contributed by atoms with E-state index in [1.54, 1.807) is 0 Å². The third-order valence-electron chi connectivity index (χ3n) is 2.99. The zero-order valence-electron chi connectivity index (χ0n) is 9.35. The van der Waals surface area contributed by atoms with Gasteiger partial charge in [0.05, 0.1) is 0 Å². The van der Waals surface area contributed by atoms with E-state index < -0.39 is 10.0 Å². The van der Waals surface area contributed by atoms with E-state index in [0.717, 1.165) is 24.2 Å². The molecule has 0 unspecified atom stereocenters. The van der Waals surface area contributed by atoms with E-state index in [9.17, 15) is 8.42 Å². The predicted octanol–water partition coefficient (Wildman–Crippen LogP) is 2.09. The molecule has 0 bridgehead atoms. The first-order chi connectivity index (χ1) is 8.12. The molecule has 1 aliphatic rings. The predicted molar refractivity (Wildman–Crippen MR) is 66.2 cm³/mol. The Morgan fingerprint density at radius 3 is 2.71 bits per heavy atom. The lowest BCUT2D eigenvalue weighted by Gasteiger charge is -2.09. The van der Waals surface area contributed by atoms with E-state index in [-0.39, 0.29) is 4.21 Å². The van der Waals surface area contributed by atoms with Crippen LogP contribution in [0.5, 0.6) is 0 Å². The minimum Gasteiger partial charge on any atom is -0.210 e. The lowest BCUT2D eigenvalue weighted by Crippen LogP contribution is -2.27. The van der Waals surface area contributed by atoms with Crippen molar-refractivity contribution in [3.05, 3.63) is 17.0 Å². The number of nitrogens with zero attached hydrogens (tertiary/aromatic N) is 1. The summed E-state index contributed by atoms with van der Waals surface area (Å²) in [4.78, 5) is 0.422. The van der Waals surface area contributed by atoms with E-state index in [1.807, 2.05) is 6.07 Å². The highest BCUT2D eigenvalue weighted by Crippen LogP contribution is 2.25. The van der Waals surface area contributed by atoms with Gasteiger partial charge in [-0.25, -0.2) is 13.1 Å². The molecular formula is C11H14N2O2S2. The maximum absolute atomic E-state index is 11.9. The van der Waals surface area contributed by atoms with E-state index in [4.69, 9.17) is 5.26 Å². The fraction of sp³-hybridized carbons (Fsp3) is 0.545. The van der Waals surface area contributed by atoms with Gasteiger partial charge < -0.3 is 0 Å². The molecule has 0 saturated heterocycles. The quantitative estimate of drug-likeness (QED) is 0.910. The second kappa shape index (κ2) is 5.17. The van der Waals surface area contributed by atoms with Gasteiger partial charge in [0.1, 0.15) is 15.2 Å². The van der Waals surface area contributed by atoms with Crippen molar-refractivity contribution >= 4 is 21.4 Å². The number of nitrogens with one attached hydrogen (secondary N) is 1. The zero-order valence-corrected chi connectivity index (χ0v) is 11.0. The summed E-state index contributed by atoms with van der Waals surface area (Å²) in [7, 11) is -3.42. The molecule has 4 nitrogen and oxygen atoms in total. The van der Waals surface area contributed by atoms with E-state index in [1.165, 1.54) is 25.0 Å². The lowest BCUT2D eigenvalue weighted by atomic mass is 10.1. The molecule has 0 aromatic carbocycles. The maximum Gasteiger partial charge on any atom is 0.250 e.